The van der Waals surface area contributed by atoms with Gasteiger partial charge in [-0.1, -0.05) is 36.4 Å². The molecule has 2 aromatic carbocycles. The first kappa shape index (κ1) is 19.4. The number of hydrogen-bond acceptors (Lipinski definition) is 5. The van der Waals surface area contributed by atoms with Crippen LogP contribution in [0, 0.1) is 17.1 Å². The van der Waals surface area contributed by atoms with E-state index in [1.165, 1.54) is 12.1 Å². The Morgan fingerprint density at radius 1 is 1.23 bits per heavy atom. The molecule has 2 aromatic rings. The number of aliphatic hydroxyl groups excluding tert-OH is 2. The van der Waals surface area contributed by atoms with Gasteiger partial charge >= 0.3 is 6.09 Å². The number of hydrogen-bond donors (Lipinski definition) is 3. The van der Waals surface area contributed by atoms with Crippen LogP contribution in [0.2, 0.25) is 0 Å². The molecule has 0 saturated heterocycles. The molecule has 2 atom stereocenters. The second-order valence-corrected chi connectivity index (χ2v) is 5.64. The molecule has 0 bridgehead atoms. The lowest BCUT2D eigenvalue weighted by Crippen LogP contribution is -2.30. The number of alkyl carbamates (subject to hydrolysis) is 1. The van der Waals surface area contributed by atoms with Gasteiger partial charge in [-0.15, -0.1) is 0 Å². The van der Waals surface area contributed by atoms with Crippen molar-refractivity contribution in [2.45, 2.75) is 25.2 Å². The molecule has 1 amide bonds. The van der Waals surface area contributed by atoms with Gasteiger partial charge in [0, 0.05) is 12.1 Å². The van der Waals surface area contributed by atoms with E-state index in [2.05, 4.69) is 5.32 Å². The molecule has 0 spiro atoms. The standard InChI is InChI=1S/C19H19FN2O4/c20-16-10-14(11-21)6-7-15(16)18(24)17(23)8-9-22-19(25)26-12-13-4-2-1-3-5-13/h1-7,10,17-18,23-24H,8-9,12H2,(H,22,25). The molecule has 26 heavy (non-hydrogen) atoms. The summed E-state index contributed by atoms with van der Waals surface area (Å²) in [5.41, 5.74) is 0.855. The summed E-state index contributed by atoms with van der Waals surface area (Å²) >= 11 is 0. The number of carbonyl (C=O) groups excluding carboxylic acids is 1. The van der Waals surface area contributed by atoms with Crippen molar-refractivity contribution in [3.63, 3.8) is 0 Å². The predicted molar refractivity (Wildman–Crippen MR) is 91.3 cm³/mol. The van der Waals surface area contributed by atoms with Crippen LogP contribution in [0.4, 0.5) is 9.18 Å². The number of nitrogens with one attached hydrogen (secondary N) is 1. The summed E-state index contributed by atoms with van der Waals surface area (Å²) in [5.74, 6) is -0.772. The number of ether oxygens (including phenoxy) is 1. The minimum atomic E-state index is -1.47. The van der Waals surface area contributed by atoms with Crippen LogP contribution in [0.15, 0.2) is 48.5 Å². The summed E-state index contributed by atoms with van der Waals surface area (Å²) in [7, 11) is 0. The summed E-state index contributed by atoms with van der Waals surface area (Å²) < 4.78 is 18.9. The van der Waals surface area contributed by atoms with Crippen LogP contribution in [0.5, 0.6) is 0 Å². The van der Waals surface area contributed by atoms with Crippen molar-refractivity contribution in [1.29, 1.82) is 5.26 Å². The molecule has 0 aliphatic carbocycles. The van der Waals surface area contributed by atoms with Gasteiger partial charge in [-0.2, -0.15) is 5.26 Å². The Morgan fingerprint density at radius 3 is 2.62 bits per heavy atom. The molecule has 0 heterocycles. The van der Waals surface area contributed by atoms with Crippen molar-refractivity contribution >= 4 is 6.09 Å². The predicted octanol–water partition coefficient (Wildman–Crippen LogP) is 2.41. The molecular weight excluding hydrogens is 339 g/mol. The average Bonchev–Trinajstić information content (AvgIpc) is 2.66. The Bertz CT molecular complexity index is 777. The number of nitrogens with zero attached hydrogens (tertiary/aromatic N) is 1. The van der Waals surface area contributed by atoms with Crippen molar-refractivity contribution < 1.29 is 24.1 Å². The molecular formula is C19H19FN2O4. The summed E-state index contributed by atoms with van der Waals surface area (Å²) in [4.78, 5) is 11.6. The third-order valence-corrected chi connectivity index (χ3v) is 3.73. The Kier molecular flexibility index (Phi) is 7.09. The number of carbonyl (C=O) groups is 1. The Morgan fingerprint density at radius 2 is 1.96 bits per heavy atom. The number of benzene rings is 2. The molecule has 0 aliphatic rings. The number of amides is 1. The van der Waals surface area contributed by atoms with E-state index in [1.54, 1.807) is 6.07 Å². The van der Waals surface area contributed by atoms with Gasteiger partial charge in [0.15, 0.2) is 0 Å². The Labute approximate surface area is 150 Å². The maximum absolute atomic E-state index is 13.8. The lowest BCUT2D eigenvalue weighted by Gasteiger charge is -2.19. The van der Waals surface area contributed by atoms with Crippen LogP contribution < -0.4 is 5.32 Å². The summed E-state index contributed by atoms with van der Waals surface area (Å²) in [6.45, 7) is 0.165. The highest BCUT2D eigenvalue weighted by Gasteiger charge is 2.21. The molecule has 2 unspecified atom stereocenters. The number of nitriles is 1. The van der Waals surface area contributed by atoms with Gasteiger partial charge < -0.3 is 20.3 Å². The molecule has 0 aliphatic heterocycles. The van der Waals surface area contributed by atoms with Gasteiger partial charge in [-0.25, -0.2) is 9.18 Å². The quantitative estimate of drug-likeness (QED) is 0.705. The van der Waals surface area contributed by atoms with E-state index in [0.29, 0.717) is 0 Å². The first-order valence-electron chi connectivity index (χ1n) is 8.01. The molecule has 0 fully saturated rings. The van der Waals surface area contributed by atoms with Gasteiger partial charge in [0.25, 0.3) is 0 Å². The van der Waals surface area contributed by atoms with E-state index in [9.17, 15) is 19.4 Å². The highest BCUT2D eigenvalue weighted by atomic mass is 19.1. The molecule has 0 radical (unpaired) electrons. The van der Waals surface area contributed by atoms with Crippen molar-refractivity contribution in [2.75, 3.05) is 6.54 Å². The fraction of sp³-hybridized carbons (Fsp3) is 0.263. The lowest BCUT2D eigenvalue weighted by atomic mass is 10.0. The van der Waals surface area contributed by atoms with Crippen molar-refractivity contribution in [3.8, 4) is 6.07 Å². The minimum absolute atomic E-state index is 0.00104. The summed E-state index contributed by atoms with van der Waals surface area (Å²) in [5, 5.41) is 31.2. The molecule has 3 N–H and O–H groups in total. The van der Waals surface area contributed by atoms with E-state index in [4.69, 9.17) is 10.00 Å². The molecule has 136 valence electrons. The topological polar surface area (TPSA) is 103 Å². The number of halogens is 1. The van der Waals surface area contributed by atoms with E-state index < -0.39 is 24.1 Å². The van der Waals surface area contributed by atoms with E-state index in [1.807, 2.05) is 30.3 Å². The van der Waals surface area contributed by atoms with Gasteiger partial charge in [0.2, 0.25) is 0 Å². The molecule has 0 saturated carbocycles. The molecule has 6 nitrogen and oxygen atoms in total. The second-order valence-electron chi connectivity index (χ2n) is 5.64. The Balaban J connectivity index is 1.76. The smallest absolute Gasteiger partial charge is 0.407 e. The SMILES string of the molecule is N#Cc1ccc(C(O)C(O)CCNC(=O)OCc2ccccc2)c(F)c1. The zero-order valence-electron chi connectivity index (χ0n) is 13.9. The molecule has 0 aromatic heterocycles. The highest BCUT2D eigenvalue weighted by molar-refractivity contribution is 5.67. The van der Waals surface area contributed by atoms with Crippen LogP contribution in [-0.2, 0) is 11.3 Å². The fourth-order valence-corrected chi connectivity index (χ4v) is 2.30. The van der Waals surface area contributed by atoms with Gasteiger partial charge in [0.1, 0.15) is 18.5 Å². The normalized spacial score (nSPS) is 12.7. The van der Waals surface area contributed by atoms with Gasteiger partial charge in [-0.05, 0) is 24.1 Å². The fourth-order valence-electron chi connectivity index (χ4n) is 2.30. The molecule has 2 rings (SSSR count). The number of rotatable bonds is 7. The Hall–Kier alpha value is -2.95. The second kappa shape index (κ2) is 9.51. The third kappa shape index (κ3) is 5.55. The average molecular weight is 358 g/mol. The minimum Gasteiger partial charge on any atom is -0.445 e. The summed E-state index contributed by atoms with van der Waals surface area (Å²) in [6.07, 6.45) is -3.40. The highest BCUT2D eigenvalue weighted by Crippen LogP contribution is 2.22. The van der Waals surface area contributed by atoms with Crippen molar-refractivity contribution in [2.24, 2.45) is 0 Å². The first-order chi connectivity index (χ1) is 12.5. The maximum atomic E-state index is 13.8. The van der Waals surface area contributed by atoms with Crippen LogP contribution in [-0.4, -0.2) is 29.0 Å². The van der Waals surface area contributed by atoms with E-state index in [-0.39, 0.29) is 30.7 Å². The summed E-state index contributed by atoms with van der Waals surface area (Å²) in [6, 6.07) is 14.5. The zero-order valence-corrected chi connectivity index (χ0v) is 13.9. The van der Waals surface area contributed by atoms with Crippen molar-refractivity contribution in [3.05, 3.63) is 71.0 Å². The van der Waals surface area contributed by atoms with E-state index >= 15 is 0 Å². The first-order valence-corrected chi connectivity index (χ1v) is 8.01. The molecule has 7 heteroatoms. The van der Waals surface area contributed by atoms with Gasteiger partial charge in [0.05, 0.1) is 17.7 Å². The third-order valence-electron chi connectivity index (χ3n) is 3.73. The van der Waals surface area contributed by atoms with Crippen LogP contribution in [0.3, 0.4) is 0 Å². The van der Waals surface area contributed by atoms with Crippen LogP contribution >= 0.6 is 0 Å². The van der Waals surface area contributed by atoms with E-state index in [0.717, 1.165) is 11.6 Å². The van der Waals surface area contributed by atoms with Gasteiger partial charge in [-0.3, -0.25) is 0 Å². The van der Waals surface area contributed by atoms with Crippen LogP contribution in [0.1, 0.15) is 29.2 Å². The lowest BCUT2D eigenvalue weighted by molar-refractivity contribution is 0.0116. The largest absolute Gasteiger partial charge is 0.445 e. The zero-order chi connectivity index (χ0) is 18.9. The van der Waals surface area contributed by atoms with Crippen molar-refractivity contribution in [1.82, 2.24) is 5.32 Å². The monoisotopic (exact) mass is 358 g/mol. The maximum Gasteiger partial charge on any atom is 0.407 e. The van der Waals surface area contributed by atoms with Crippen LogP contribution in [0.25, 0.3) is 0 Å². The number of aliphatic hydroxyl groups is 2.